The SMILES string of the molecule is O=C[C@@H](O)[C@@H](O)[C@H](O)CCO. The highest BCUT2D eigenvalue weighted by Crippen LogP contribution is 2.01. The van der Waals surface area contributed by atoms with Crippen LogP contribution in [0.5, 0.6) is 0 Å². The third kappa shape index (κ3) is 3.43. The second-order valence-electron chi connectivity index (χ2n) is 2.20. The van der Waals surface area contributed by atoms with Crippen molar-refractivity contribution in [3.8, 4) is 0 Å². The van der Waals surface area contributed by atoms with Gasteiger partial charge in [0.25, 0.3) is 0 Å². The molecule has 0 amide bonds. The summed E-state index contributed by atoms with van der Waals surface area (Å²) in [5, 5.41) is 34.7. The lowest BCUT2D eigenvalue weighted by atomic mass is 10.1. The Morgan fingerprint density at radius 2 is 1.82 bits per heavy atom. The van der Waals surface area contributed by atoms with Crippen LogP contribution < -0.4 is 0 Å². The van der Waals surface area contributed by atoms with Gasteiger partial charge in [-0.15, -0.1) is 0 Å². The molecule has 0 aromatic heterocycles. The van der Waals surface area contributed by atoms with Crippen LogP contribution >= 0.6 is 0 Å². The number of rotatable bonds is 5. The summed E-state index contributed by atoms with van der Waals surface area (Å²) in [4.78, 5) is 9.87. The standard InChI is InChI=1S/C6H12O5/c7-2-1-4(9)6(11)5(10)3-8/h3-7,9-11H,1-2H2/t4-,5-,6+/m1/s1. The minimum absolute atomic E-state index is 0.0634. The number of carbonyl (C=O) groups excluding carboxylic acids is 1. The van der Waals surface area contributed by atoms with Crippen LogP contribution in [0.3, 0.4) is 0 Å². The summed E-state index contributed by atoms with van der Waals surface area (Å²) in [5.74, 6) is 0. The molecule has 0 aromatic carbocycles. The average molecular weight is 164 g/mol. The van der Waals surface area contributed by atoms with Crippen molar-refractivity contribution in [3.05, 3.63) is 0 Å². The van der Waals surface area contributed by atoms with Crippen molar-refractivity contribution in [3.63, 3.8) is 0 Å². The lowest BCUT2D eigenvalue weighted by Gasteiger charge is -2.17. The predicted octanol–water partition coefficient (Wildman–Crippen LogP) is -2.35. The van der Waals surface area contributed by atoms with E-state index in [1.54, 1.807) is 0 Å². The Balaban J connectivity index is 3.79. The molecule has 4 N–H and O–H groups in total. The van der Waals surface area contributed by atoms with Crippen LogP contribution in [-0.4, -0.2) is 51.6 Å². The van der Waals surface area contributed by atoms with E-state index in [1.165, 1.54) is 0 Å². The van der Waals surface area contributed by atoms with Crippen molar-refractivity contribution in [2.24, 2.45) is 0 Å². The fourth-order valence-electron chi connectivity index (χ4n) is 0.611. The minimum Gasteiger partial charge on any atom is -0.396 e. The summed E-state index contributed by atoms with van der Waals surface area (Å²) in [6, 6.07) is 0. The van der Waals surface area contributed by atoms with Crippen molar-refractivity contribution >= 4 is 6.29 Å². The average Bonchev–Trinajstić information content (AvgIpc) is 2.02. The van der Waals surface area contributed by atoms with Gasteiger partial charge in [0.1, 0.15) is 12.2 Å². The minimum atomic E-state index is -1.59. The normalized spacial score (nSPS) is 18.9. The van der Waals surface area contributed by atoms with E-state index in [2.05, 4.69) is 0 Å². The number of aliphatic hydroxyl groups excluding tert-OH is 4. The van der Waals surface area contributed by atoms with Gasteiger partial charge in [-0.1, -0.05) is 0 Å². The number of carbonyl (C=O) groups is 1. The Morgan fingerprint density at radius 3 is 2.18 bits per heavy atom. The van der Waals surface area contributed by atoms with Crippen LogP contribution in [0.2, 0.25) is 0 Å². The van der Waals surface area contributed by atoms with Gasteiger partial charge in [-0.05, 0) is 6.42 Å². The smallest absolute Gasteiger partial charge is 0.151 e. The summed E-state index contributed by atoms with van der Waals surface area (Å²) >= 11 is 0. The summed E-state index contributed by atoms with van der Waals surface area (Å²) in [6.45, 7) is -0.302. The van der Waals surface area contributed by atoms with E-state index in [0.29, 0.717) is 0 Å². The fraction of sp³-hybridized carbons (Fsp3) is 0.833. The molecule has 0 spiro atoms. The molecule has 0 radical (unpaired) electrons. The number of hydrogen-bond donors (Lipinski definition) is 4. The van der Waals surface area contributed by atoms with E-state index in [4.69, 9.17) is 20.4 Å². The van der Waals surface area contributed by atoms with E-state index in [1.807, 2.05) is 0 Å². The van der Waals surface area contributed by atoms with Gasteiger partial charge in [0, 0.05) is 6.61 Å². The Morgan fingerprint density at radius 1 is 1.27 bits per heavy atom. The molecule has 0 saturated heterocycles. The number of aliphatic hydroxyl groups is 4. The molecular formula is C6H12O5. The summed E-state index contributed by atoms with van der Waals surface area (Å²) in [7, 11) is 0. The Hall–Kier alpha value is -0.490. The largest absolute Gasteiger partial charge is 0.396 e. The molecule has 11 heavy (non-hydrogen) atoms. The third-order valence-corrected chi connectivity index (χ3v) is 1.31. The summed E-state index contributed by atoms with van der Waals surface area (Å²) in [6.07, 6.45) is -4.30. The van der Waals surface area contributed by atoms with Crippen LogP contribution in [0.4, 0.5) is 0 Å². The maximum atomic E-state index is 9.87. The zero-order valence-corrected chi connectivity index (χ0v) is 5.92. The van der Waals surface area contributed by atoms with Crippen LogP contribution in [0, 0.1) is 0 Å². The molecule has 0 saturated carbocycles. The van der Waals surface area contributed by atoms with Crippen molar-refractivity contribution in [2.75, 3.05) is 6.61 Å². The van der Waals surface area contributed by atoms with Gasteiger partial charge in [-0.2, -0.15) is 0 Å². The van der Waals surface area contributed by atoms with Gasteiger partial charge in [-0.3, -0.25) is 0 Å². The van der Waals surface area contributed by atoms with Crippen LogP contribution in [0.1, 0.15) is 6.42 Å². The van der Waals surface area contributed by atoms with Gasteiger partial charge >= 0.3 is 0 Å². The molecular weight excluding hydrogens is 152 g/mol. The molecule has 0 aromatic rings. The highest BCUT2D eigenvalue weighted by molar-refractivity contribution is 5.56. The molecule has 66 valence electrons. The molecule has 5 nitrogen and oxygen atoms in total. The van der Waals surface area contributed by atoms with Gasteiger partial charge in [-0.25, -0.2) is 0 Å². The first-order chi connectivity index (χ1) is 5.13. The molecule has 0 rings (SSSR count). The zero-order valence-electron chi connectivity index (χ0n) is 5.92. The summed E-state index contributed by atoms with van der Waals surface area (Å²) in [5.41, 5.74) is 0. The first kappa shape index (κ1) is 10.5. The third-order valence-electron chi connectivity index (χ3n) is 1.31. The molecule has 0 fully saturated rings. The molecule has 0 bridgehead atoms. The highest BCUT2D eigenvalue weighted by Gasteiger charge is 2.23. The van der Waals surface area contributed by atoms with Crippen LogP contribution in [-0.2, 0) is 4.79 Å². The molecule has 0 aliphatic rings. The van der Waals surface area contributed by atoms with Crippen molar-refractivity contribution in [1.82, 2.24) is 0 Å². The maximum Gasteiger partial charge on any atom is 0.151 e. The Kier molecular flexibility index (Phi) is 4.97. The lowest BCUT2D eigenvalue weighted by Crippen LogP contribution is -2.38. The first-order valence-electron chi connectivity index (χ1n) is 3.23. The molecule has 5 heteroatoms. The summed E-state index contributed by atoms with van der Waals surface area (Å²) < 4.78 is 0. The fourth-order valence-corrected chi connectivity index (χ4v) is 0.611. The van der Waals surface area contributed by atoms with E-state index in [0.717, 1.165) is 0 Å². The molecule has 0 aliphatic carbocycles. The first-order valence-corrected chi connectivity index (χ1v) is 3.23. The quantitative estimate of drug-likeness (QED) is 0.341. The lowest BCUT2D eigenvalue weighted by molar-refractivity contribution is -0.126. The monoisotopic (exact) mass is 164 g/mol. The Bertz CT molecular complexity index is 116. The van der Waals surface area contributed by atoms with Gasteiger partial charge in [0.2, 0.25) is 0 Å². The van der Waals surface area contributed by atoms with Gasteiger partial charge in [0.15, 0.2) is 6.29 Å². The molecule has 3 atom stereocenters. The predicted molar refractivity (Wildman–Crippen MR) is 35.8 cm³/mol. The van der Waals surface area contributed by atoms with Crippen LogP contribution in [0.25, 0.3) is 0 Å². The second kappa shape index (κ2) is 5.20. The highest BCUT2D eigenvalue weighted by atomic mass is 16.4. The van der Waals surface area contributed by atoms with E-state index >= 15 is 0 Å². The number of hydrogen-bond acceptors (Lipinski definition) is 5. The molecule has 0 unspecified atom stereocenters. The Labute approximate surface area is 63.9 Å². The van der Waals surface area contributed by atoms with Gasteiger partial charge in [0.05, 0.1) is 6.10 Å². The van der Waals surface area contributed by atoms with E-state index in [-0.39, 0.29) is 19.3 Å². The molecule has 0 aliphatic heterocycles. The van der Waals surface area contributed by atoms with Crippen molar-refractivity contribution in [2.45, 2.75) is 24.7 Å². The molecule has 0 heterocycles. The van der Waals surface area contributed by atoms with Crippen molar-refractivity contribution in [1.29, 1.82) is 0 Å². The van der Waals surface area contributed by atoms with E-state index in [9.17, 15) is 4.79 Å². The number of aldehydes is 1. The topological polar surface area (TPSA) is 98.0 Å². The second-order valence-corrected chi connectivity index (χ2v) is 2.20. The van der Waals surface area contributed by atoms with E-state index < -0.39 is 18.3 Å². The zero-order chi connectivity index (χ0) is 8.85. The van der Waals surface area contributed by atoms with Gasteiger partial charge < -0.3 is 25.2 Å². The van der Waals surface area contributed by atoms with Crippen LogP contribution in [0.15, 0.2) is 0 Å². The maximum absolute atomic E-state index is 9.87. The van der Waals surface area contributed by atoms with Crippen molar-refractivity contribution < 1.29 is 25.2 Å².